The zero-order valence-electron chi connectivity index (χ0n) is 9.80. The van der Waals surface area contributed by atoms with Gasteiger partial charge in [0.05, 0.1) is 11.0 Å². The molecular weight excluding hydrogens is 206 g/mol. The Labute approximate surface area is 95.1 Å². The molecule has 1 N–H and O–H groups in total. The predicted molar refractivity (Wildman–Crippen MR) is 62.3 cm³/mol. The number of nitro groups is 1. The minimum Gasteiger partial charge on any atom is -0.392 e. The van der Waals surface area contributed by atoms with Crippen molar-refractivity contribution in [3.63, 3.8) is 0 Å². The van der Waals surface area contributed by atoms with Crippen molar-refractivity contribution in [2.75, 3.05) is 0 Å². The van der Waals surface area contributed by atoms with Crippen LogP contribution < -0.4 is 0 Å². The number of nitro benzene ring substituents is 1. The molecule has 0 saturated carbocycles. The van der Waals surface area contributed by atoms with Crippen molar-refractivity contribution >= 4 is 5.69 Å². The second kappa shape index (κ2) is 4.61. The van der Waals surface area contributed by atoms with E-state index in [9.17, 15) is 15.2 Å². The van der Waals surface area contributed by atoms with Crippen LogP contribution in [0.5, 0.6) is 0 Å². The molecule has 0 fully saturated rings. The van der Waals surface area contributed by atoms with Crippen LogP contribution in [0, 0.1) is 15.5 Å². The molecule has 16 heavy (non-hydrogen) atoms. The van der Waals surface area contributed by atoms with Gasteiger partial charge in [-0.2, -0.15) is 0 Å². The molecule has 0 aliphatic heterocycles. The molecule has 1 rings (SSSR count). The molecule has 0 radical (unpaired) electrons. The van der Waals surface area contributed by atoms with E-state index in [2.05, 4.69) is 0 Å². The van der Waals surface area contributed by atoms with Gasteiger partial charge < -0.3 is 5.11 Å². The van der Waals surface area contributed by atoms with Crippen molar-refractivity contribution in [3.8, 4) is 0 Å². The molecule has 88 valence electrons. The standard InChI is InChI=1S/C12H17NO3/c1-12(2,3)11(14)8-9-4-6-10(7-5-9)13(15)16/h4-7,11,14H,8H2,1-3H3. The Hall–Kier alpha value is -1.42. The summed E-state index contributed by atoms with van der Waals surface area (Å²) in [5.41, 5.74) is 0.809. The van der Waals surface area contributed by atoms with Crippen LogP contribution in [0.1, 0.15) is 26.3 Å². The van der Waals surface area contributed by atoms with Gasteiger partial charge in [0, 0.05) is 12.1 Å². The molecule has 0 bridgehead atoms. The van der Waals surface area contributed by atoms with E-state index in [1.165, 1.54) is 12.1 Å². The van der Waals surface area contributed by atoms with E-state index in [1.54, 1.807) is 12.1 Å². The fourth-order valence-corrected chi connectivity index (χ4v) is 1.28. The third-order valence-electron chi connectivity index (χ3n) is 2.58. The second-order valence-corrected chi connectivity index (χ2v) is 5.01. The highest BCUT2D eigenvalue weighted by atomic mass is 16.6. The fraction of sp³-hybridized carbons (Fsp3) is 0.500. The van der Waals surface area contributed by atoms with Gasteiger partial charge in [0.25, 0.3) is 5.69 Å². The van der Waals surface area contributed by atoms with E-state index in [0.717, 1.165) is 5.56 Å². The maximum atomic E-state index is 10.4. The summed E-state index contributed by atoms with van der Waals surface area (Å²) >= 11 is 0. The first-order chi connectivity index (χ1) is 7.30. The normalized spacial score (nSPS) is 13.5. The van der Waals surface area contributed by atoms with Crippen LogP contribution in [-0.4, -0.2) is 16.1 Å². The van der Waals surface area contributed by atoms with E-state index >= 15 is 0 Å². The quantitative estimate of drug-likeness (QED) is 0.632. The van der Waals surface area contributed by atoms with Gasteiger partial charge >= 0.3 is 0 Å². The van der Waals surface area contributed by atoms with Crippen molar-refractivity contribution in [1.29, 1.82) is 0 Å². The molecular formula is C12H17NO3. The van der Waals surface area contributed by atoms with Crippen molar-refractivity contribution in [2.24, 2.45) is 5.41 Å². The molecule has 0 aliphatic rings. The van der Waals surface area contributed by atoms with Crippen LogP contribution in [0.15, 0.2) is 24.3 Å². The number of hydrogen-bond acceptors (Lipinski definition) is 3. The molecule has 0 aromatic heterocycles. The first-order valence-electron chi connectivity index (χ1n) is 5.22. The molecule has 4 nitrogen and oxygen atoms in total. The molecule has 0 spiro atoms. The Bertz CT molecular complexity index is 365. The monoisotopic (exact) mass is 223 g/mol. The molecule has 0 saturated heterocycles. The molecule has 0 heterocycles. The summed E-state index contributed by atoms with van der Waals surface area (Å²) in [7, 11) is 0. The Morgan fingerprint density at radius 2 is 1.81 bits per heavy atom. The van der Waals surface area contributed by atoms with Gasteiger partial charge in [0.2, 0.25) is 0 Å². The lowest BCUT2D eigenvalue weighted by Crippen LogP contribution is -2.27. The summed E-state index contributed by atoms with van der Waals surface area (Å²) in [6.07, 6.45) is 0.0653. The van der Waals surface area contributed by atoms with Gasteiger partial charge in [-0.05, 0) is 17.4 Å². The van der Waals surface area contributed by atoms with E-state index in [4.69, 9.17) is 0 Å². The van der Waals surface area contributed by atoms with Crippen molar-refractivity contribution in [3.05, 3.63) is 39.9 Å². The Morgan fingerprint density at radius 1 is 1.31 bits per heavy atom. The Kier molecular flexibility index (Phi) is 3.65. The lowest BCUT2D eigenvalue weighted by atomic mass is 9.85. The average Bonchev–Trinajstić information content (AvgIpc) is 2.17. The summed E-state index contributed by atoms with van der Waals surface area (Å²) in [4.78, 5) is 10.0. The molecule has 4 heteroatoms. The summed E-state index contributed by atoms with van der Waals surface area (Å²) in [6, 6.07) is 6.30. The number of hydrogen-bond donors (Lipinski definition) is 1. The number of benzene rings is 1. The lowest BCUT2D eigenvalue weighted by Gasteiger charge is -2.25. The number of nitrogens with zero attached hydrogens (tertiary/aromatic N) is 1. The average molecular weight is 223 g/mol. The van der Waals surface area contributed by atoms with E-state index in [1.807, 2.05) is 20.8 Å². The second-order valence-electron chi connectivity index (χ2n) is 5.01. The van der Waals surface area contributed by atoms with Crippen LogP contribution in [0.25, 0.3) is 0 Å². The SMILES string of the molecule is CC(C)(C)C(O)Cc1ccc([N+](=O)[O-])cc1. The minimum atomic E-state index is -0.450. The molecule has 1 aromatic carbocycles. The number of rotatable bonds is 3. The van der Waals surface area contributed by atoms with Crippen molar-refractivity contribution in [2.45, 2.75) is 33.3 Å². The third-order valence-corrected chi connectivity index (χ3v) is 2.58. The molecule has 0 amide bonds. The predicted octanol–water partition coefficient (Wildman–Crippen LogP) is 2.54. The van der Waals surface area contributed by atoms with Crippen LogP contribution >= 0.6 is 0 Å². The third kappa shape index (κ3) is 3.31. The van der Waals surface area contributed by atoms with E-state index in [-0.39, 0.29) is 11.1 Å². The van der Waals surface area contributed by atoms with E-state index in [0.29, 0.717) is 6.42 Å². The number of aliphatic hydroxyl groups excluding tert-OH is 1. The molecule has 1 unspecified atom stereocenters. The van der Waals surface area contributed by atoms with Gasteiger partial charge in [0.1, 0.15) is 0 Å². The number of aliphatic hydroxyl groups is 1. The lowest BCUT2D eigenvalue weighted by molar-refractivity contribution is -0.384. The Morgan fingerprint density at radius 3 is 2.19 bits per heavy atom. The van der Waals surface area contributed by atoms with E-state index < -0.39 is 11.0 Å². The number of non-ortho nitro benzene ring substituents is 1. The van der Waals surface area contributed by atoms with Crippen LogP contribution in [0.4, 0.5) is 5.69 Å². The van der Waals surface area contributed by atoms with Gasteiger partial charge in [-0.1, -0.05) is 32.9 Å². The van der Waals surface area contributed by atoms with Crippen LogP contribution in [0.2, 0.25) is 0 Å². The van der Waals surface area contributed by atoms with Gasteiger partial charge in [-0.15, -0.1) is 0 Å². The summed E-state index contributed by atoms with van der Waals surface area (Å²) in [5.74, 6) is 0. The van der Waals surface area contributed by atoms with Gasteiger partial charge in [-0.25, -0.2) is 0 Å². The maximum Gasteiger partial charge on any atom is 0.269 e. The zero-order chi connectivity index (χ0) is 12.3. The summed E-state index contributed by atoms with van der Waals surface area (Å²) in [6.45, 7) is 5.88. The first-order valence-corrected chi connectivity index (χ1v) is 5.22. The highest BCUT2D eigenvalue weighted by Gasteiger charge is 2.22. The van der Waals surface area contributed by atoms with Gasteiger partial charge in [-0.3, -0.25) is 10.1 Å². The molecule has 1 atom stereocenters. The Balaban J connectivity index is 2.73. The fourth-order valence-electron chi connectivity index (χ4n) is 1.28. The minimum absolute atomic E-state index is 0.0778. The zero-order valence-corrected chi connectivity index (χ0v) is 9.80. The van der Waals surface area contributed by atoms with Crippen molar-refractivity contribution in [1.82, 2.24) is 0 Å². The molecule has 1 aromatic rings. The molecule has 0 aliphatic carbocycles. The van der Waals surface area contributed by atoms with Crippen molar-refractivity contribution < 1.29 is 10.0 Å². The largest absolute Gasteiger partial charge is 0.392 e. The highest BCUT2D eigenvalue weighted by Crippen LogP contribution is 2.23. The summed E-state index contributed by atoms with van der Waals surface area (Å²) in [5, 5.41) is 20.3. The topological polar surface area (TPSA) is 63.4 Å². The van der Waals surface area contributed by atoms with Crippen LogP contribution in [0.3, 0.4) is 0 Å². The maximum absolute atomic E-state index is 10.4. The smallest absolute Gasteiger partial charge is 0.269 e. The summed E-state index contributed by atoms with van der Waals surface area (Å²) < 4.78 is 0. The highest BCUT2D eigenvalue weighted by molar-refractivity contribution is 5.33. The van der Waals surface area contributed by atoms with Gasteiger partial charge in [0.15, 0.2) is 0 Å². The first kappa shape index (κ1) is 12.6. The van der Waals surface area contributed by atoms with Crippen LogP contribution in [-0.2, 0) is 6.42 Å².